The van der Waals surface area contributed by atoms with Crippen molar-refractivity contribution < 1.29 is 6.22 Å². The number of hydrogen-bond acceptors (Lipinski definition) is 5. The minimum atomic E-state index is 0. The predicted molar refractivity (Wildman–Crippen MR) is 145 cm³/mol. The van der Waals surface area contributed by atoms with Gasteiger partial charge in [-0.05, 0) is 93.0 Å². The number of likely N-dealkylation sites (tertiary alicyclic amines) is 1. The summed E-state index contributed by atoms with van der Waals surface area (Å²) in [7, 11) is 0. The van der Waals surface area contributed by atoms with Crippen molar-refractivity contribution in [3.63, 3.8) is 0 Å². The number of aryl methyl sites for hydroxylation is 2. The summed E-state index contributed by atoms with van der Waals surface area (Å²) >= 11 is 1.97. The van der Waals surface area contributed by atoms with Crippen molar-refractivity contribution in [1.29, 1.82) is 0 Å². The summed E-state index contributed by atoms with van der Waals surface area (Å²) in [6.45, 7) is 15.8. The smallest absolute Gasteiger partial charge is 0.158 e. The highest BCUT2D eigenvalue weighted by atomic mass is 32.1. The Balaban J connectivity index is 0.00000267. The lowest BCUT2D eigenvalue weighted by molar-refractivity contribution is -0.118. The lowest BCUT2D eigenvalue weighted by Gasteiger charge is -2.45. The van der Waals surface area contributed by atoms with E-state index in [0.29, 0.717) is 23.8 Å². The Morgan fingerprint density at radius 3 is 2.74 bits per heavy atom. The molecular formula is C28H37N5OS. The number of pyridine rings is 1. The van der Waals surface area contributed by atoms with E-state index in [0.717, 1.165) is 18.7 Å². The van der Waals surface area contributed by atoms with Gasteiger partial charge in [-0.2, -0.15) is 5.10 Å². The zero-order valence-corrected chi connectivity index (χ0v) is 22.5. The van der Waals surface area contributed by atoms with E-state index in [4.69, 9.17) is 0 Å². The third-order valence-corrected chi connectivity index (χ3v) is 10.00. The minimum absolute atomic E-state index is 0. The summed E-state index contributed by atoms with van der Waals surface area (Å²) in [4.78, 5) is 25.1. The highest BCUT2D eigenvalue weighted by molar-refractivity contribution is 7.19. The highest BCUT2D eigenvalue weighted by Crippen LogP contribution is 2.58. The number of fused-ring (bicyclic) bond motifs is 2. The third kappa shape index (κ3) is 3.50. The van der Waals surface area contributed by atoms with Gasteiger partial charge in [0.25, 0.3) is 0 Å². The molecule has 0 atom stereocenters. The van der Waals surface area contributed by atoms with E-state index in [1.165, 1.54) is 63.0 Å². The number of nitrogens with zero attached hydrogens (tertiary/aromatic N) is 4. The summed E-state index contributed by atoms with van der Waals surface area (Å²) in [5, 5.41) is 5.85. The summed E-state index contributed by atoms with van der Waals surface area (Å²) in [6.07, 6.45) is 7.52. The van der Waals surface area contributed by atoms with E-state index < -0.39 is 0 Å². The van der Waals surface area contributed by atoms with Gasteiger partial charge < -0.3 is 4.98 Å². The van der Waals surface area contributed by atoms with Crippen molar-refractivity contribution in [3.05, 3.63) is 39.7 Å². The van der Waals surface area contributed by atoms with Crippen molar-refractivity contribution in [2.24, 2.45) is 5.41 Å². The number of ketones is 1. The van der Waals surface area contributed by atoms with E-state index in [-0.39, 0.29) is 7.21 Å². The Labute approximate surface area is 212 Å². The van der Waals surface area contributed by atoms with E-state index in [1.807, 2.05) is 15.9 Å². The van der Waals surface area contributed by atoms with Crippen LogP contribution in [-0.2, 0) is 4.79 Å². The molecule has 186 valence electrons. The Bertz CT molecular complexity index is 1470. The molecular weight excluding hydrogens is 454 g/mol. The van der Waals surface area contributed by atoms with Gasteiger partial charge in [0.2, 0.25) is 0 Å². The topological polar surface area (TPSA) is 66.3 Å². The highest BCUT2D eigenvalue weighted by Gasteiger charge is 2.49. The maximum absolute atomic E-state index is 11.6. The quantitative estimate of drug-likeness (QED) is 0.351. The first-order valence-electron chi connectivity index (χ1n) is 12.8. The number of rotatable bonds is 5. The van der Waals surface area contributed by atoms with Crippen molar-refractivity contribution >= 4 is 33.0 Å². The van der Waals surface area contributed by atoms with Crippen LogP contribution in [0.15, 0.2) is 12.5 Å². The van der Waals surface area contributed by atoms with Crippen molar-refractivity contribution in [1.82, 2.24) is 24.5 Å². The molecule has 0 aromatic carbocycles. The van der Waals surface area contributed by atoms with Crippen LogP contribution in [0.5, 0.6) is 0 Å². The molecule has 2 fully saturated rings. The van der Waals surface area contributed by atoms with Gasteiger partial charge in [0.1, 0.15) is 16.9 Å². The van der Waals surface area contributed by atoms with Crippen LogP contribution in [0.2, 0.25) is 0 Å². The first-order valence-corrected chi connectivity index (χ1v) is 13.7. The number of carbonyl (C=O) groups excluding carboxylic acids is 1. The van der Waals surface area contributed by atoms with Gasteiger partial charge in [0.05, 0.1) is 12.2 Å². The first-order chi connectivity index (χ1) is 16.7. The number of thiophene rings is 1. The number of carbonyl (C=O) groups is 1. The molecule has 1 N–H and O–H groups in total. The monoisotopic (exact) mass is 491 g/mol. The van der Waals surface area contributed by atoms with Crippen LogP contribution < -0.4 is 0 Å². The Kier molecular flexibility index (Phi) is 5.24. The maximum atomic E-state index is 11.6. The fourth-order valence-electron chi connectivity index (χ4n) is 6.86. The molecule has 0 bridgehead atoms. The summed E-state index contributed by atoms with van der Waals surface area (Å²) in [6, 6.07) is 0. The van der Waals surface area contributed by atoms with E-state index >= 15 is 0 Å². The van der Waals surface area contributed by atoms with Crippen LogP contribution in [0.3, 0.4) is 0 Å². The average molecular weight is 492 g/mol. The van der Waals surface area contributed by atoms with E-state index in [2.05, 4.69) is 60.8 Å². The molecule has 6 rings (SSSR count). The number of aromatic amines is 1. The van der Waals surface area contributed by atoms with Crippen LogP contribution in [0, 0.1) is 26.2 Å². The molecule has 1 aliphatic carbocycles. The zero-order valence-electron chi connectivity index (χ0n) is 21.7. The second-order valence-corrected chi connectivity index (χ2v) is 12.5. The standard InChI is InChI=1S/C28H35N5OS.H2/c1-15(2)22-23-19(6)25(20-9-28(10-20)7-8-32(13-28)11-16(3)34)35-27(23)31-24(22)21-12-33-26(29-14-30-33)18(5)17(21)4;/h12,14-15,20,31H,7-11,13H2,1-6H3;1H. The molecule has 35 heavy (non-hydrogen) atoms. The summed E-state index contributed by atoms with van der Waals surface area (Å²) in [5.41, 5.74) is 9.13. The molecule has 4 aromatic heterocycles. The third-order valence-electron chi connectivity index (χ3n) is 8.63. The second kappa shape index (κ2) is 8.00. The van der Waals surface area contributed by atoms with Gasteiger partial charge >= 0.3 is 0 Å². The first kappa shape index (κ1) is 22.9. The van der Waals surface area contributed by atoms with Crippen LogP contribution in [-0.4, -0.2) is 49.9 Å². The van der Waals surface area contributed by atoms with Gasteiger partial charge in [0.15, 0.2) is 5.65 Å². The molecule has 1 spiro atoms. The average Bonchev–Trinajstić information content (AvgIpc) is 3.52. The Morgan fingerprint density at radius 1 is 1.26 bits per heavy atom. The SMILES string of the molecule is CC(=O)CN1CCC2(CC(c3sc4[nH]c(-c5cn6ncnc6c(C)c5C)c(C(C)C)c4c3C)C2)C1.[HH]. The fourth-order valence-corrected chi connectivity index (χ4v) is 8.19. The molecule has 4 aromatic rings. The molecule has 1 aliphatic heterocycles. The number of hydrogen-bond donors (Lipinski definition) is 1. The molecule has 1 saturated heterocycles. The second-order valence-electron chi connectivity index (χ2n) is 11.5. The lowest BCUT2D eigenvalue weighted by Crippen LogP contribution is -2.39. The molecule has 0 amide bonds. The molecule has 5 heterocycles. The Morgan fingerprint density at radius 2 is 2.03 bits per heavy atom. The number of H-pyrrole nitrogens is 1. The predicted octanol–water partition coefficient (Wildman–Crippen LogP) is 6.39. The van der Waals surface area contributed by atoms with Gasteiger partial charge in [-0.15, -0.1) is 11.3 Å². The van der Waals surface area contributed by atoms with Gasteiger partial charge in [-0.1, -0.05) is 13.8 Å². The van der Waals surface area contributed by atoms with E-state index in [1.54, 1.807) is 18.1 Å². The van der Waals surface area contributed by atoms with Gasteiger partial charge in [0, 0.05) is 30.0 Å². The molecule has 0 unspecified atom stereocenters. The Hall–Kier alpha value is -2.51. The molecule has 6 nitrogen and oxygen atoms in total. The number of Topliss-reactive ketones (excluding diaryl/α,β-unsaturated/α-hetero) is 1. The lowest BCUT2D eigenvalue weighted by atomic mass is 9.60. The zero-order chi connectivity index (χ0) is 24.6. The summed E-state index contributed by atoms with van der Waals surface area (Å²) < 4.78 is 1.90. The number of aromatic nitrogens is 4. The van der Waals surface area contributed by atoms with Crippen molar-refractivity contribution in [2.45, 2.75) is 72.6 Å². The molecule has 2 aliphatic rings. The summed E-state index contributed by atoms with van der Waals surface area (Å²) in [5.74, 6) is 1.34. The van der Waals surface area contributed by atoms with Gasteiger partial charge in [-0.25, -0.2) is 9.50 Å². The van der Waals surface area contributed by atoms with Crippen LogP contribution in [0.1, 0.15) is 80.4 Å². The minimum Gasteiger partial charge on any atom is -0.346 e. The van der Waals surface area contributed by atoms with Crippen molar-refractivity contribution in [2.75, 3.05) is 19.6 Å². The van der Waals surface area contributed by atoms with Crippen LogP contribution in [0.4, 0.5) is 0 Å². The van der Waals surface area contributed by atoms with E-state index in [9.17, 15) is 4.79 Å². The normalized spacial score (nSPS) is 22.8. The van der Waals surface area contributed by atoms with Crippen molar-refractivity contribution in [3.8, 4) is 11.3 Å². The molecule has 0 radical (unpaired) electrons. The van der Waals surface area contributed by atoms with Crippen LogP contribution >= 0.6 is 11.3 Å². The van der Waals surface area contributed by atoms with Crippen LogP contribution in [0.25, 0.3) is 27.1 Å². The van der Waals surface area contributed by atoms with Gasteiger partial charge in [-0.3, -0.25) is 9.69 Å². The maximum Gasteiger partial charge on any atom is 0.158 e. The largest absolute Gasteiger partial charge is 0.346 e. The molecule has 1 saturated carbocycles. The fraction of sp³-hybridized carbons (Fsp3) is 0.536. The molecule has 7 heteroatoms. The number of nitrogens with one attached hydrogen (secondary N) is 1.